The van der Waals surface area contributed by atoms with Gasteiger partial charge in [-0.1, -0.05) is 6.92 Å². The van der Waals surface area contributed by atoms with Gasteiger partial charge in [-0.15, -0.1) is 0 Å². The van der Waals surface area contributed by atoms with Crippen molar-refractivity contribution < 1.29 is 14.6 Å². The summed E-state index contributed by atoms with van der Waals surface area (Å²) in [6.45, 7) is 5.89. The normalized spacial score (nSPS) is 30.2. The van der Waals surface area contributed by atoms with E-state index in [4.69, 9.17) is 9.84 Å². The van der Waals surface area contributed by atoms with Crippen molar-refractivity contribution >= 4 is 5.97 Å². The number of carboxylic acid groups (broad SMARTS) is 1. The summed E-state index contributed by atoms with van der Waals surface area (Å²) in [6.07, 6.45) is 4.04. The molecule has 0 aromatic rings. The largest absolute Gasteiger partial charge is 0.481 e. The van der Waals surface area contributed by atoms with Gasteiger partial charge in [-0.05, 0) is 39.2 Å². The van der Waals surface area contributed by atoms with Crippen LogP contribution in [0, 0.1) is 0 Å². The Kier molecular flexibility index (Phi) is 5.22. The van der Waals surface area contributed by atoms with E-state index in [0.29, 0.717) is 12.5 Å². The molecule has 0 amide bonds. The number of ether oxygens (including phenoxy) is 1. The van der Waals surface area contributed by atoms with E-state index in [1.807, 2.05) is 0 Å². The molecule has 4 nitrogen and oxygen atoms in total. The number of aliphatic carboxylic acids is 1. The van der Waals surface area contributed by atoms with E-state index in [9.17, 15) is 4.79 Å². The third-order valence-corrected chi connectivity index (χ3v) is 3.34. The van der Waals surface area contributed by atoms with Crippen molar-refractivity contribution in [3.63, 3.8) is 0 Å². The first kappa shape index (κ1) is 13.5. The summed E-state index contributed by atoms with van der Waals surface area (Å²) in [5.41, 5.74) is 0.00269. The van der Waals surface area contributed by atoms with Crippen LogP contribution in [-0.4, -0.2) is 35.9 Å². The third-order valence-electron chi connectivity index (χ3n) is 3.34. The zero-order valence-electron chi connectivity index (χ0n) is 10.3. The van der Waals surface area contributed by atoms with Crippen molar-refractivity contribution in [1.82, 2.24) is 5.32 Å². The van der Waals surface area contributed by atoms with Gasteiger partial charge in [-0.3, -0.25) is 4.79 Å². The molecule has 16 heavy (non-hydrogen) atoms. The lowest BCUT2D eigenvalue weighted by molar-refractivity contribution is -0.137. The van der Waals surface area contributed by atoms with Crippen LogP contribution in [0.4, 0.5) is 0 Å². The summed E-state index contributed by atoms with van der Waals surface area (Å²) in [6, 6.07) is 0.479. The van der Waals surface area contributed by atoms with Crippen LogP contribution in [0.3, 0.4) is 0 Å². The van der Waals surface area contributed by atoms with Crippen LogP contribution in [0.25, 0.3) is 0 Å². The number of hydrogen-bond donors (Lipinski definition) is 2. The Bertz CT molecular complexity index is 232. The van der Waals surface area contributed by atoms with E-state index in [0.717, 1.165) is 32.4 Å². The molecule has 0 bridgehead atoms. The SMILES string of the molecule is CCC1(C)CC(NCCCC(=O)O)CCO1. The van der Waals surface area contributed by atoms with Crippen LogP contribution >= 0.6 is 0 Å². The fourth-order valence-corrected chi connectivity index (χ4v) is 2.10. The zero-order chi connectivity index (χ0) is 12.0. The maximum absolute atomic E-state index is 10.4. The van der Waals surface area contributed by atoms with Gasteiger partial charge in [0.15, 0.2) is 0 Å². The van der Waals surface area contributed by atoms with Crippen molar-refractivity contribution in [3.05, 3.63) is 0 Å². The Morgan fingerprint density at radius 2 is 2.38 bits per heavy atom. The summed E-state index contributed by atoms with van der Waals surface area (Å²) in [5.74, 6) is -0.716. The monoisotopic (exact) mass is 229 g/mol. The summed E-state index contributed by atoms with van der Waals surface area (Å²) >= 11 is 0. The van der Waals surface area contributed by atoms with Crippen molar-refractivity contribution in [2.75, 3.05) is 13.2 Å². The van der Waals surface area contributed by atoms with Crippen LogP contribution < -0.4 is 5.32 Å². The second kappa shape index (κ2) is 6.21. The van der Waals surface area contributed by atoms with Crippen molar-refractivity contribution in [3.8, 4) is 0 Å². The number of carbonyl (C=O) groups is 1. The molecule has 0 saturated carbocycles. The zero-order valence-corrected chi connectivity index (χ0v) is 10.3. The minimum absolute atomic E-state index is 0.00269. The summed E-state index contributed by atoms with van der Waals surface area (Å²) < 4.78 is 5.76. The molecule has 1 fully saturated rings. The highest BCUT2D eigenvalue weighted by atomic mass is 16.5. The van der Waals surface area contributed by atoms with E-state index in [-0.39, 0.29) is 12.0 Å². The van der Waals surface area contributed by atoms with E-state index in [1.54, 1.807) is 0 Å². The first-order valence-corrected chi connectivity index (χ1v) is 6.15. The average molecular weight is 229 g/mol. The van der Waals surface area contributed by atoms with E-state index in [2.05, 4.69) is 19.2 Å². The van der Waals surface area contributed by atoms with Crippen molar-refractivity contribution in [2.24, 2.45) is 0 Å². The van der Waals surface area contributed by atoms with Crippen molar-refractivity contribution in [1.29, 1.82) is 0 Å². The van der Waals surface area contributed by atoms with Gasteiger partial charge in [0.25, 0.3) is 0 Å². The number of carboxylic acids is 1. The highest BCUT2D eigenvalue weighted by Crippen LogP contribution is 2.27. The van der Waals surface area contributed by atoms with Crippen LogP contribution in [-0.2, 0) is 9.53 Å². The second-order valence-electron chi connectivity index (χ2n) is 4.79. The number of rotatable bonds is 6. The Balaban J connectivity index is 2.19. The number of nitrogens with one attached hydrogen (secondary N) is 1. The maximum Gasteiger partial charge on any atom is 0.303 e. The highest BCUT2D eigenvalue weighted by Gasteiger charge is 2.31. The maximum atomic E-state index is 10.4. The predicted octanol–water partition coefficient (Wildman–Crippen LogP) is 1.79. The lowest BCUT2D eigenvalue weighted by Crippen LogP contribution is -2.45. The molecule has 1 saturated heterocycles. The molecule has 4 heteroatoms. The Morgan fingerprint density at radius 3 is 3.00 bits per heavy atom. The molecule has 2 unspecified atom stereocenters. The second-order valence-corrected chi connectivity index (χ2v) is 4.79. The summed E-state index contributed by atoms with van der Waals surface area (Å²) in [4.78, 5) is 10.4. The smallest absolute Gasteiger partial charge is 0.303 e. The van der Waals surface area contributed by atoms with Gasteiger partial charge in [0, 0.05) is 19.1 Å². The van der Waals surface area contributed by atoms with E-state index >= 15 is 0 Å². The molecule has 0 aliphatic carbocycles. The Labute approximate surface area is 97.4 Å². The van der Waals surface area contributed by atoms with Crippen LogP contribution in [0.5, 0.6) is 0 Å². The third kappa shape index (κ3) is 4.49. The fourth-order valence-electron chi connectivity index (χ4n) is 2.10. The van der Waals surface area contributed by atoms with Gasteiger partial charge >= 0.3 is 5.97 Å². The first-order valence-electron chi connectivity index (χ1n) is 6.15. The van der Waals surface area contributed by atoms with Crippen LogP contribution in [0.1, 0.15) is 46.0 Å². The molecule has 0 radical (unpaired) electrons. The molecule has 0 aromatic heterocycles. The van der Waals surface area contributed by atoms with Gasteiger partial charge in [-0.2, -0.15) is 0 Å². The Morgan fingerprint density at radius 1 is 1.62 bits per heavy atom. The van der Waals surface area contributed by atoms with Gasteiger partial charge < -0.3 is 15.2 Å². The molecule has 2 atom stereocenters. The molecule has 1 rings (SSSR count). The summed E-state index contributed by atoms with van der Waals surface area (Å²) in [5, 5.41) is 11.9. The molecule has 1 aliphatic heterocycles. The number of hydrogen-bond acceptors (Lipinski definition) is 3. The van der Waals surface area contributed by atoms with Gasteiger partial charge in [0.1, 0.15) is 0 Å². The van der Waals surface area contributed by atoms with Gasteiger partial charge in [0.05, 0.1) is 5.60 Å². The molecule has 0 aromatic carbocycles. The Hall–Kier alpha value is -0.610. The van der Waals surface area contributed by atoms with Crippen LogP contribution in [0.2, 0.25) is 0 Å². The quantitative estimate of drug-likeness (QED) is 0.682. The molecule has 2 N–H and O–H groups in total. The standard InChI is InChI=1S/C12H23NO3/c1-3-12(2)9-10(6-8-16-12)13-7-4-5-11(14)15/h10,13H,3-9H2,1-2H3,(H,14,15). The summed E-state index contributed by atoms with van der Waals surface area (Å²) in [7, 11) is 0. The van der Waals surface area contributed by atoms with Crippen LogP contribution in [0.15, 0.2) is 0 Å². The molecule has 1 aliphatic rings. The highest BCUT2D eigenvalue weighted by molar-refractivity contribution is 5.66. The minimum Gasteiger partial charge on any atom is -0.481 e. The fraction of sp³-hybridized carbons (Fsp3) is 0.917. The van der Waals surface area contributed by atoms with Crippen molar-refractivity contribution in [2.45, 2.75) is 57.6 Å². The first-order chi connectivity index (χ1) is 7.56. The van der Waals surface area contributed by atoms with Gasteiger partial charge in [0.2, 0.25) is 0 Å². The average Bonchev–Trinajstić information content (AvgIpc) is 2.24. The van der Waals surface area contributed by atoms with Gasteiger partial charge in [-0.25, -0.2) is 0 Å². The van der Waals surface area contributed by atoms with E-state index < -0.39 is 5.97 Å². The predicted molar refractivity (Wildman–Crippen MR) is 62.5 cm³/mol. The molecule has 1 heterocycles. The van der Waals surface area contributed by atoms with E-state index in [1.165, 1.54) is 0 Å². The minimum atomic E-state index is -0.716. The lowest BCUT2D eigenvalue weighted by atomic mass is 9.90. The molecular weight excluding hydrogens is 206 g/mol. The molecular formula is C12H23NO3. The molecule has 94 valence electrons. The topological polar surface area (TPSA) is 58.6 Å². The lowest BCUT2D eigenvalue weighted by Gasteiger charge is -2.38. The molecule has 0 spiro atoms.